The van der Waals surface area contributed by atoms with Gasteiger partial charge in [-0.2, -0.15) is 52.7 Å². The summed E-state index contributed by atoms with van der Waals surface area (Å²) in [5, 5.41) is 0. The van der Waals surface area contributed by atoms with Crippen LogP contribution >= 0.6 is 0 Å². The summed E-state index contributed by atoms with van der Waals surface area (Å²) in [6.07, 6.45) is -36.0. The highest BCUT2D eigenvalue weighted by atomic mass is 19.4. The molecule has 0 aliphatic carbocycles. The van der Waals surface area contributed by atoms with Gasteiger partial charge in [0.05, 0.1) is 12.7 Å². The lowest BCUT2D eigenvalue weighted by Crippen LogP contribution is -2.64. The van der Waals surface area contributed by atoms with Gasteiger partial charge in [0.2, 0.25) is 5.76 Å². The molecule has 0 amide bonds. The lowest BCUT2D eigenvalue weighted by atomic mass is 9.80. The molecule has 27 heavy (non-hydrogen) atoms. The van der Waals surface area contributed by atoms with Crippen molar-refractivity contribution < 1.29 is 75.0 Å². The van der Waals surface area contributed by atoms with Crippen LogP contribution in [0, 0.1) is 0 Å². The van der Waals surface area contributed by atoms with E-state index < -0.39 is 60.9 Å². The summed E-state index contributed by atoms with van der Waals surface area (Å²) >= 11 is 0. The Hall–Kier alpha value is -1.58. The Morgan fingerprint density at radius 1 is 0.630 bits per heavy atom. The Kier molecular flexibility index (Phi) is 6.39. The van der Waals surface area contributed by atoms with Gasteiger partial charge < -0.3 is 4.74 Å². The van der Waals surface area contributed by atoms with E-state index >= 15 is 0 Å². The van der Waals surface area contributed by atoms with E-state index in [0.29, 0.717) is 0 Å². The molecule has 0 fully saturated rings. The largest absolute Gasteiger partial charge is 0.492 e. The summed E-state index contributed by atoms with van der Waals surface area (Å²) in [5.74, 6) is -4.22. The zero-order valence-electron chi connectivity index (χ0n) is 12.0. The first-order valence-corrected chi connectivity index (χ1v) is 5.73. The minimum Gasteiger partial charge on any atom is -0.492 e. The van der Waals surface area contributed by atoms with Crippen LogP contribution in [0.3, 0.4) is 0 Å². The fourth-order valence-corrected chi connectivity index (χ4v) is 1.75. The second-order valence-electron chi connectivity index (χ2n) is 4.57. The number of halogens is 16. The highest BCUT2D eigenvalue weighted by Gasteiger charge is 2.84. The molecular weight excluding hydrogens is 440 g/mol. The van der Waals surface area contributed by atoms with E-state index in [1.807, 2.05) is 0 Å². The van der Waals surface area contributed by atoms with E-state index in [9.17, 15) is 70.2 Å². The van der Waals surface area contributed by atoms with Gasteiger partial charge >= 0.3 is 30.4 Å². The number of hydrogen-bond acceptors (Lipinski definition) is 1. The minimum absolute atomic E-state index is 0.530. The SMILES string of the molecule is COC(=C(C(F)(C(F)F)C(F)(F)F)C(F)(C(F)(F)F)C(F)(F)F)C(F)(F)F. The zero-order chi connectivity index (χ0) is 22.4. The molecule has 0 saturated carbocycles. The molecule has 0 aliphatic heterocycles. The number of ether oxygens (including phenoxy) is 1. The Labute approximate surface area is 137 Å². The second kappa shape index (κ2) is 6.79. The number of rotatable bonds is 4. The van der Waals surface area contributed by atoms with Crippen LogP contribution in [0.5, 0.6) is 0 Å². The average molecular weight is 444 g/mol. The molecule has 17 heteroatoms. The topological polar surface area (TPSA) is 9.23 Å². The predicted octanol–water partition coefficient (Wildman–Crippen LogP) is 5.82. The molecule has 162 valence electrons. The second-order valence-corrected chi connectivity index (χ2v) is 4.57. The van der Waals surface area contributed by atoms with E-state index in [2.05, 4.69) is 4.74 Å². The quantitative estimate of drug-likeness (QED) is 0.393. The molecule has 0 heterocycles. The number of allylic oxidation sites excluding steroid dienone is 2. The van der Waals surface area contributed by atoms with E-state index in [-0.39, 0.29) is 0 Å². The van der Waals surface area contributed by atoms with Gasteiger partial charge in [-0.05, 0) is 0 Å². The molecule has 0 aromatic heterocycles. The van der Waals surface area contributed by atoms with E-state index in [1.54, 1.807) is 0 Å². The molecule has 1 nitrogen and oxygen atoms in total. The molecule has 1 atom stereocenters. The van der Waals surface area contributed by atoms with Crippen LogP contribution in [0.15, 0.2) is 11.3 Å². The van der Waals surface area contributed by atoms with Crippen LogP contribution in [0.2, 0.25) is 0 Å². The maximum Gasteiger partial charge on any atom is 0.449 e. The van der Waals surface area contributed by atoms with Gasteiger partial charge in [0.15, 0.2) is 0 Å². The third kappa shape index (κ3) is 4.00. The van der Waals surface area contributed by atoms with Crippen molar-refractivity contribution in [3.8, 4) is 0 Å². The van der Waals surface area contributed by atoms with Crippen LogP contribution in [-0.4, -0.2) is 49.6 Å². The molecule has 0 saturated heterocycles. The lowest BCUT2D eigenvalue weighted by molar-refractivity contribution is -0.344. The number of methoxy groups -OCH3 is 1. The van der Waals surface area contributed by atoms with Crippen molar-refractivity contribution in [1.29, 1.82) is 0 Å². The van der Waals surface area contributed by atoms with Crippen molar-refractivity contribution in [1.82, 2.24) is 0 Å². The third-order valence-corrected chi connectivity index (χ3v) is 2.89. The predicted molar refractivity (Wildman–Crippen MR) is 51.9 cm³/mol. The van der Waals surface area contributed by atoms with Gasteiger partial charge in [-0.1, -0.05) is 0 Å². The summed E-state index contributed by atoms with van der Waals surface area (Å²) in [7, 11) is -0.530. The van der Waals surface area contributed by atoms with Gasteiger partial charge in [0.1, 0.15) is 0 Å². The van der Waals surface area contributed by atoms with Crippen LogP contribution in [-0.2, 0) is 4.74 Å². The standard InChI is InChI=1S/C10H4F16O/c1-27-3(7(15,16)17)2(5(13,4(11)12)8(18,19)20)6(14,9(21,22)23)10(24,25)26/h4H,1H3. The van der Waals surface area contributed by atoms with Crippen molar-refractivity contribution in [3.63, 3.8) is 0 Å². The van der Waals surface area contributed by atoms with Crippen LogP contribution in [0.25, 0.3) is 0 Å². The Morgan fingerprint density at radius 2 is 0.963 bits per heavy atom. The van der Waals surface area contributed by atoms with Crippen molar-refractivity contribution >= 4 is 0 Å². The summed E-state index contributed by atoms with van der Waals surface area (Å²) in [4.78, 5) is 0. The van der Waals surface area contributed by atoms with Gasteiger partial charge in [-0.3, -0.25) is 0 Å². The summed E-state index contributed by atoms with van der Waals surface area (Å²) in [6.45, 7) is 0. The molecule has 0 bridgehead atoms. The van der Waals surface area contributed by atoms with E-state index in [0.717, 1.165) is 0 Å². The average Bonchev–Trinajstić information content (AvgIpc) is 2.37. The summed E-state index contributed by atoms with van der Waals surface area (Å²) < 4.78 is 207. The monoisotopic (exact) mass is 444 g/mol. The normalized spacial score (nSPS) is 18.3. The highest BCUT2D eigenvalue weighted by molar-refractivity contribution is 5.39. The van der Waals surface area contributed by atoms with Crippen molar-refractivity contribution in [2.45, 2.75) is 42.5 Å². The minimum atomic E-state index is -7.85. The Balaban J connectivity index is 7.81. The molecule has 0 aromatic rings. The molecule has 0 N–H and O–H groups in total. The van der Waals surface area contributed by atoms with Gasteiger partial charge in [-0.25, -0.2) is 17.6 Å². The van der Waals surface area contributed by atoms with E-state index in [1.165, 1.54) is 0 Å². The Bertz CT molecular complexity index is 546. The molecule has 0 radical (unpaired) electrons. The summed E-state index contributed by atoms with van der Waals surface area (Å²) in [5.41, 5.74) is -20.3. The van der Waals surface area contributed by atoms with Crippen LogP contribution in [0.4, 0.5) is 70.2 Å². The maximum absolute atomic E-state index is 13.9. The first-order chi connectivity index (χ1) is 11.5. The lowest BCUT2D eigenvalue weighted by Gasteiger charge is -2.40. The molecule has 0 rings (SSSR count). The fraction of sp³-hybridized carbons (Fsp3) is 0.800. The molecule has 1 unspecified atom stereocenters. The Morgan fingerprint density at radius 3 is 1.11 bits per heavy atom. The van der Waals surface area contributed by atoms with Crippen LogP contribution < -0.4 is 0 Å². The molecule has 0 aliphatic rings. The first-order valence-electron chi connectivity index (χ1n) is 5.73. The van der Waals surface area contributed by atoms with E-state index in [4.69, 9.17) is 0 Å². The maximum atomic E-state index is 13.9. The zero-order valence-corrected chi connectivity index (χ0v) is 12.0. The fourth-order valence-electron chi connectivity index (χ4n) is 1.75. The number of hydrogen-bond donors (Lipinski definition) is 0. The van der Waals surface area contributed by atoms with Crippen molar-refractivity contribution in [3.05, 3.63) is 11.3 Å². The summed E-state index contributed by atoms with van der Waals surface area (Å²) in [6, 6.07) is 0. The van der Waals surface area contributed by atoms with Gasteiger partial charge in [0.25, 0.3) is 12.1 Å². The smallest absolute Gasteiger partial charge is 0.449 e. The van der Waals surface area contributed by atoms with Crippen molar-refractivity contribution in [2.75, 3.05) is 7.11 Å². The first kappa shape index (κ1) is 25.4. The van der Waals surface area contributed by atoms with Gasteiger partial charge in [-0.15, -0.1) is 0 Å². The molecular formula is C10H4F16O. The van der Waals surface area contributed by atoms with Crippen LogP contribution in [0.1, 0.15) is 0 Å². The van der Waals surface area contributed by atoms with Gasteiger partial charge in [0, 0.05) is 0 Å². The third-order valence-electron chi connectivity index (χ3n) is 2.89. The molecule has 0 spiro atoms. The molecule has 0 aromatic carbocycles. The number of alkyl halides is 16. The highest BCUT2D eigenvalue weighted by Crippen LogP contribution is 2.60. The van der Waals surface area contributed by atoms with Crippen molar-refractivity contribution in [2.24, 2.45) is 0 Å².